The van der Waals surface area contributed by atoms with Gasteiger partial charge in [0.25, 0.3) is 0 Å². The summed E-state index contributed by atoms with van der Waals surface area (Å²) in [6.07, 6.45) is 3.71. The summed E-state index contributed by atoms with van der Waals surface area (Å²) in [5.41, 5.74) is 4.52. The van der Waals surface area contributed by atoms with Crippen molar-refractivity contribution in [3.05, 3.63) is 57.8 Å². The van der Waals surface area contributed by atoms with Crippen molar-refractivity contribution in [2.24, 2.45) is 5.92 Å². The first kappa shape index (κ1) is 11.9. The summed E-state index contributed by atoms with van der Waals surface area (Å²) in [7, 11) is 2.09. The Morgan fingerprint density at radius 3 is 2.94 bits per heavy atom. The lowest BCUT2D eigenvalue weighted by Crippen LogP contribution is -2.31. The van der Waals surface area contributed by atoms with Gasteiger partial charge in [-0.2, -0.15) is 11.3 Å². The Hall–Kier alpha value is -1.12. The molecule has 0 radical (unpaired) electrons. The van der Waals surface area contributed by atoms with E-state index in [4.69, 9.17) is 0 Å². The predicted molar refractivity (Wildman–Crippen MR) is 78.1 cm³/mol. The van der Waals surface area contributed by atoms with E-state index in [1.54, 1.807) is 11.3 Å². The van der Waals surface area contributed by atoms with Crippen LogP contribution in [0.1, 0.15) is 29.2 Å². The molecule has 3 rings (SSSR count). The molecule has 0 bridgehead atoms. The number of thiophene rings is 1. The van der Waals surface area contributed by atoms with E-state index in [-0.39, 0.29) is 0 Å². The molecule has 2 atom stereocenters. The van der Waals surface area contributed by atoms with Crippen LogP contribution in [0.25, 0.3) is 0 Å². The molecule has 0 aliphatic heterocycles. The molecule has 1 nitrogen and oxygen atoms in total. The molecular weight excluding hydrogens is 238 g/mol. The Labute approximate surface area is 113 Å². The molecule has 0 amide bonds. The molecule has 1 N–H and O–H groups in total. The van der Waals surface area contributed by atoms with Crippen LogP contribution in [0, 0.1) is 5.92 Å². The Bertz CT molecular complexity index is 504. The van der Waals surface area contributed by atoms with E-state index < -0.39 is 0 Å². The van der Waals surface area contributed by atoms with Crippen molar-refractivity contribution < 1.29 is 0 Å². The molecule has 1 aromatic carbocycles. The lowest BCUT2D eigenvalue weighted by Gasteiger charge is -2.33. The number of hydrogen-bond donors (Lipinski definition) is 1. The van der Waals surface area contributed by atoms with Gasteiger partial charge in [0, 0.05) is 6.04 Å². The van der Waals surface area contributed by atoms with Crippen LogP contribution in [0.4, 0.5) is 0 Å². The zero-order valence-electron chi connectivity index (χ0n) is 10.7. The van der Waals surface area contributed by atoms with Crippen molar-refractivity contribution in [3.8, 4) is 0 Å². The van der Waals surface area contributed by atoms with Crippen molar-refractivity contribution in [2.75, 3.05) is 7.05 Å². The zero-order chi connectivity index (χ0) is 12.4. The molecule has 18 heavy (non-hydrogen) atoms. The summed E-state index contributed by atoms with van der Waals surface area (Å²) >= 11 is 1.80. The molecule has 2 heteroatoms. The van der Waals surface area contributed by atoms with E-state index in [0.717, 1.165) is 5.92 Å². The normalized spacial score (nSPS) is 22.7. The average molecular weight is 257 g/mol. The van der Waals surface area contributed by atoms with Gasteiger partial charge in [0.1, 0.15) is 0 Å². The highest BCUT2D eigenvalue weighted by Gasteiger charge is 2.28. The van der Waals surface area contributed by atoms with Crippen LogP contribution in [-0.4, -0.2) is 7.05 Å². The fourth-order valence-corrected chi connectivity index (χ4v) is 3.83. The number of fused-ring (bicyclic) bond motifs is 1. The third-order valence-corrected chi connectivity index (χ3v) is 4.77. The van der Waals surface area contributed by atoms with Crippen molar-refractivity contribution in [3.63, 3.8) is 0 Å². The van der Waals surface area contributed by atoms with E-state index in [2.05, 4.69) is 53.5 Å². The van der Waals surface area contributed by atoms with Crippen molar-refractivity contribution in [1.29, 1.82) is 0 Å². The highest BCUT2D eigenvalue weighted by Crippen LogP contribution is 2.36. The van der Waals surface area contributed by atoms with Crippen LogP contribution in [0.5, 0.6) is 0 Å². The number of rotatable bonds is 3. The largest absolute Gasteiger partial charge is 0.313 e. The first-order valence-corrected chi connectivity index (χ1v) is 7.59. The quantitative estimate of drug-likeness (QED) is 0.881. The summed E-state index contributed by atoms with van der Waals surface area (Å²) in [5, 5.41) is 7.99. The van der Waals surface area contributed by atoms with Gasteiger partial charge in [0.05, 0.1) is 0 Å². The minimum absolute atomic E-state index is 0.509. The van der Waals surface area contributed by atoms with Crippen LogP contribution in [0.2, 0.25) is 0 Å². The van der Waals surface area contributed by atoms with E-state index in [1.165, 1.54) is 36.0 Å². The van der Waals surface area contributed by atoms with Gasteiger partial charge in [-0.3, -0.25) is 0 Å². The number of benzene rings is 1. The highest BCUT2D eigenvalue weighted by molar-refractivity contribution is 7.07. The summed E-state index contributed by atoms with van der Waals surface area (Å²) in [6, 6.07) is 11.7. The summed E-state index contributed by atoms with van der Waals surface area (Å²) in [6.45, 7) is 0. The van der Waals surface area contributed by atoms with Crippen LogP contribution in [-0.2, 0) is 12.8 Å². The molecule has 2 unspecified atom stereocenters. The number of nitrogens with one attached hydrogen (secondary N) is 1. The molecule has 0 spiro atoms. The van der Waals surface area contributed by atoms with Gasteiger partial charge in [-0.15, -0.1) is 0 Å². The maximum Gasteiger partial charge on any atom is 0.0352 e. The SMILES string of the molecule is CNC1c2ccccc2CCC1Cc1ccsc1. The van der Waals surface area contributed by atoms with Gasteiger partial charge in [-0.1, -0.05) is 24.3 Å². The van der Waals surface area contributed by atoms with Gasteiger partial charge < -0.3 is 5.32 Å². The van der Waals surface area contributed by atoms with Crippen molar-refractivity contribution in [1.82, 2.24) is 5.32 Å². The summed E-state index contributed by atoms with van der Waals surface area (Å²) in [5.74, 6) is 0.722. The third kappa shape index (κ3) is 2.23. The fraction of sp³-hybridized carbons (Fsp3) is 0.375. The molecule has 1 aliphatic carbocycles. The molecular formula is C16H19NS. The van der Waals surface area contributed by atoms with E-state index in [1.807, 2.05) is 0 Å². The molecule has 0 fully saturated rings. The lowest BCUT2D eigenvalue weighted by molar-refractivity contribution is 0.335. The van der Waals surface area contributed by atoms with Crippen LogP contribution in [0.15, 0.2) is 41.1 Å². The maximum absolute atomic E-state index is 3.53. The second-order valence-electron chi connectivity index (χ2n) is 5.10. The van der Waals surface area contributed by atoms with Crippen LogP contribution >= 0.6 is 11.3 Å². The van der Waals surface area contributed by atoms with E-state index >= 15 is 0 Å². The smallest absolute Gasteiger partial charge is 0.0352 e. The van der Waals surface area contributed by atoms with Gasteiger partial charge >= 0.3 is 0 Å². The first-order valence-electron chi connectivity index (χ1n) is 6.64. The zero-order valence-corrected chi connectivity index (χ0v) is 11.5. The summed E-state index contributed by atoms with van der Waals surface area (Å²) < 4.78 is 0. The molecule has 1 heterocycles. The maximum atomic E-state index is 3.53. The summed E-state index contributed by atoms with van der Waals surface area (Å²) in [4.78, 5) is 0. The van der Waals surface area contributed by atoms with E-state index in [9.17, 15) is 0 Å². The topological polar surface area (TPSA) is 12.0 Å². The predicted octanol–water partition coefficient (Wildman–Crippen LogP) is 3.81. The fourth-order valence-electron chi connectivity index (χ4n) is 3.15. The van der Waals surface area contributed by atoms with Gasteiger partial charge in [-0.25, -0.2) is 0 Å². The highest BCUT2D eigenvalue weighted by atomic mass is 32.1. The van der Waals surface area contributed by atoms with Crippen LogP contribution in [0.3, 0.4) is 0 Å². The molecule has 0 saturated heterocycles. The molecule has 94 valence electrons. The van der Waals surface area contributed by atoms with Gasteiger partial charge in [0.15, 0.2) is 0 Å². The second-order valence-corrected chi connectivity index (χ2v) is 5.88. The minimum atomic E-state index is 0.509. The third-order valence-electron chi connectivity index (χ3n) is 4.04. The van der Waals surface area contributed by atoms with E-state index in [0.29, 0.717) is 6.04 Å². The monoisotopic (exact) mass is 257 g/mol. The van der Waals surface area contributed by atoms with Crippen molar-refractivity contribution in [2.45, 2.75) is 25.3 Å². The number of aryl methyl sites for hydroxylation is 1. The molecule has 1 aromatic heterocycles. The Morgan fingerprint density at radius 1 is 1.28 bits per heavy atom. The van der Waals surface area contributed by atoms with Crippen molar-refractivity contribution >= 4 is 11.3 Å². The van der Waals surface area contributed by atoms with Gasteiger partial charge in [-0.05, 0) is 65.7 Å². The first-order chi connectivity index (χ1) is 8.88. The Balaban J connectivity index is 1.85. The average Bonchev–Trinajstić information content (AvgIpc) is 2.91. The molecule has 1 aliphatic rings. The van der Waals surface area contributed by atoms with Gasteiger partial charge in [0.2, 0.25) is 0 Å². The van der Waals surface area contributed by atoms with Crippen LogP contribution < -0.4 is 5.32 Å². The lowest BCUT2D eigenvalue weighted by atomic mass is 9.77. The minimum Gasteiger partial charge on any atom is -0.313 e. The second kappa shape index (κ2) is 5.25. The standard InChI is InChI=1S/C16H19NS/c1-17-16-14(10-12-8-9-18-11-12)7-6-13-4-2-3-5-15(13)16/h2-5,8-9,11,14,16-17H,6-7,10H2,1H3. The Morgan fingerprint density at radius 2 is 2.17 bits per heavy atom. The molecule has 0 saturated carbocycles. The number of hydrogen-bond acceptors (Lipinski definition) is 2. The Kier molecular flexibility index (Phi) is 3.48. The molecule has 2 aromatic rings.